The standard InChI is InChI=1S/C23H29N5O2/c29-22(20-3-1-13-24-20)27-18-7-5-16(6-8-18)15-26-17-9-11-19(12-10-17)28-23(30)21-4-2-14-25-21/h5-12,20-21,24-26H,1-4,13-15H2,(H,27,29)(H,28,30)/t20-,21-/m0/s1. The maximum Gasteiger partial charge on any atom is 0.241 e. The Hall–Kier alpha value is -2.90. The summed E-state index contributed by atoms with van der Waals surface area (Å²) >= 11 is 0. The van der Waals surface area contributed by atoms with E-state index in [1.807, 2.05) is 48.5 Å². The number of nitrogens with one attached hydrogen (secondary N) is 5. The number of hydrogen-bond acceptors (Lipinski definition) is 5. The fourth-order valence-electron chi connectivity index (χ4n) is 3.86. The predicted octanol–water partition coefficient (Wildman–Crippen LogP) is 2.68. The van der Waals surface area contributed by atoms with Crippen molar-refractivity contribution in [2.75, 3.05) is 29.0 Å². The summed E-state index contributed by atoms with van der Waals surface area (Å²) in [6, 6.07) is 15.5. The van der Waals surface area contributed by atoms with Crippen LogP contribution in [0.25, 0.3) is 0 Å². The third-order valence-corrected chi connectivity index (χ3v) is 5.62. The molecule has 2 aromatic carbocycles. The third kappa shape index (κ3) is 5.37. The first kappa shape index (κ1) is 20.4. The number of anilines is 3. The van der Waals surface area contributed by atoms with E-state index in [0.29, 0.717) is 6.54 Å². The summed E-state index contributed by atoms with van der Waals surface area (Å²) in [5.41, 5.74) is 3.72. The highest BCUT2D eigenvalue weighted by molar-refractivity contribution is 5.95. The SMILES string of the molecule is O=C(Nc1ccc(CNc2ccc(NC(=O)[C@@H]3CCCN3)cc2)cc1)[C@@H]1CCCN1. The van der Waals surface area contributed by atoms with Gasteiger partial charge < -0.3 is 26.6 Å². The van der Waals surface area contributed by atoms with E-state index in [4.69, 9.17) is 0 Å². The van der Waals surface area contributed by atoms with Crippen LogP contribution in [0.15, 0.2) is 48.5 Å². The molecule has 30 heavy (non-hydrogen) atoms. The van der Waals surface area contributed by atoms with E-state index >= 15 is 0 Å². The summed E-state index contributed by atoms with van der Waals surface area (Å²) in [5, 5.41) is 15.7. The zero-order valence-corrected chi connectivity index (χ0v) is 17.0. The van der Waals surface area contributed by atoms with Crippen LogP contribution < -0.4 is 26.6 Å². The van der Waals surface area contributed by atoms with E-state index in [1.54, 1.807) is 0 Å². The topological polar surface area (TPSA) is 94.3 Å². The molecule has 2 atom stereocenters. The molecular formula is C23H29N5O2. The van der Waals surface area contributed by atoms with Crippen LogP contribution in [0.3, 0.4) is 0 Å². The van der Waals surface area contributed by atoms with Gasteiger partial charge in [-0.25, -0.2) is 0 Å². The number of benzene rings is 2. The van der Waals surface area contributed by atoms with E-state index in [2.05, 4.69) is 26.6 Å². The van der Waals surface area contributed by atoms with Crippen LogP contribution in [0.1, 0.15) is 31.2 Å². The van der Waals surface area contributed by atoms with E-state index in [9.17, 15) is 9.59 Å². The average Bonchev–Trinajstić information content (AvgIpc) is 3.48. The quantitative estimate of drug-likeness (QED) is 0.487. The number of rotatable bonds is 7. The fraction of sp³-hybridized carbons (Fsp3) is 0.391. The minimum atomic E-state index is -0.0787. The van der Waals surface area contributed by atoms with Crippen LogP contribution in [0.2, 0.25) is 0 Å². The largest absolute Gasteiger partial charge is 0.381 e. The Kier molecular flexibility index (Phi) is 6.61. The van der Waals surface area contributed by atoms with Crippen molar-refractivity contribution >= 4 is 28.9 Å². The first-order chi connectivity index (χ1) is 14.7. The Morgan fingerprint density at radius 2 is 1.20 bits per heavy atom. The summed E-state index contributed by atoms with van der Waals surface area (Å²) in [7, 11) is 0. The molecule has 0 bridgehead atoms. The van der Waals surface area contributed by atoms with Crippen molar-refractivity contribution in [3.63, 3.8) is 0 Å². The molecule has 2 fully saturated rings. The molecule has 0 aromatic heterocycles. The van der Waals surface area contributed by atoms with Crippen LogP contribution in [0.4, 0.5) is 17.1 Å². The number of amides is 2. The molecule has 2 heterocycles. The minimum absolute atomic E-state index is 0.0316. The Labute approximate surface area is 177 Å². The molecule has 0 saturated carbocycles. The molecule has 4 rings (SSSR count). The highest BCUT2D eigenvalue weighted by atomic mass is 16.2. The number of hydrogen-bond donors (Lipinski definition) is 5. The molecular weight excluding hydrogens is 378 g/mol. The smallest absolute Gasteiger partial charge is 0.241 e. The lowest BCUT2D eigenvalue weighted by Gasteiger charge is -2.13. The van der Waals surface area contributed by atoms with Gasteiger partial charge in [0.15, 0.2) is 0 Å². The number of carbonyl (C=O) groups excluding carboxylic acids is 2. The van der Waals surface area contributed by atoms with Gasteiger partial charge in [0, 0.05) is 23.6 Å². The molecule has 2 aliphatic heterocycles. The van der Waals surface area contributed by atoms with Crippen molar-refractivity contribution in [2.24, 2.45) is 0 Å². The fourth-order valence-corrected chi connectivity index (χ4v) is 3.86. The van der Waals surface area contributed by atoms with Crippen molar-refractivity contribution in [3.8, 4) is 0 Å². The molecule has 0 spiro atoms. The lowest BCUT2D eigenvalue weighted by Crippen LogP contribution is -2.35. The van der Waals surface area contributed by atoms with Crippen LogP contribution >= 0.6 is 0 Å². The van der Waals surface area contributed by atoms with Gasteiger partial charge in [0.25, 0.3) is 0 Å². The average molecular weight is 408 g/mol. The van der Waals surface area contributed by atoms with E-state index in [1.165, 1.54) is 0 Å². The molecule has 2 amide bonds. The van der Waals surface area contributed by atoms with Gasteiger partial charge >= 0.3 is 0 Å². The van der Waals surface area contributed by atoms with Gasteiger partial charge in [0.1, 0.15) is 0 Å². The highest BCUT2D eigenvalue weighted by Crippen LogP contribution is 2.17. The molecule has 158 valence electrons. The van der Waals surface area contributed by atoms with Gasteiger partial charge in [-0.15, -0.1) is 0 Å². The monoisotopic (exact) mass is 407 g/mol. The molecule has 7 heteroatoms. The van der Waals surface area contributed by atoms with Crippen LogP contribution in [0.5, 0.6) is 0 Å². The molecule has 0 radical (unpaired) electrons. The lowest BCUT2D eigenvalue weighted by molar-refractivity contribution is -0.118. The first-order valence-corrected chi connectivity index (χ1v) is 10.7. The van der Waals surface area contributed by atoms with Crippen molar-refractivity contribution in [3.05, 3.63) is 54.1 Å². The van der Waals surface area contributed by atoms with Crippen molar-refractivity contribution < 1.29 is 9.59 Å². The predicted molar refractivity (Wildman–Crippen MR) is 120 cm³/mol. The Morgan fingerprint density at radius 3 is 1.67 bits per heavy atom. The van der Waals surface area contributed by atoms with Gasteiger partial charge in [-0.2, -0.15) is 0 Å². The van der Waals surface area contributed by atoms with Gasteiger partial charge in [-0.05, 0) is 80.7 Å². The molecule has 2 saturated heterocycles. The number of carbonyl (C=O) groups is 2. The second-order valence-electron chi connectivity index (χ2n) is 7.90. The molecule has 0 unspecified atom stereocenters. The van der Waals surface area contributed by atoms with Gasteiger partial charge in [0.2, 0.25) is 11.8 Å². The first-order valence-electron chi connectivity index (χ1n) is 10.7. The maximum atomic E-state index is 12.2. The summed E-state index contributed by atoms with van der Waals surface area (Å²) in [5.74, 6) is 0.0679. The summed E-state index contributed by atoms with van der Waals surface area (Å²) < 4.78 is 0. The van der Waals surface area contributed by atoms with Crippen molar-refractivity contribution in [2.45, 2.75) is 44.3 Å². The summed E-state index contributed by atoms with van der Waals surface area (Å²) in [6.45, 7) is 2.50. The molecule has 5 N–H and O–H groups in total. The Morgan fingerprint density at radius 1 is 0.733 bits per heavy atom. The highest BCUT2D eigenvalue weighted by Gasteiger charge is 2.22. The summed E-state index contributed by atoms with van der Waals surface area (Å²) in [4.78, 5) is 24.3. The van der Waals surface area contributed by atoms with Crippen LogP contribution in [-0.4, -0.2) is 37.0 Å². The van der Waals surface area contributed by atoms with Gasteiger partial charge in [0.05, 0.1) is 12.1 Å². The molecule has 2 aliphatic rings. The second kappa shape index (κ2) is 9.73. The summed E-state index contributed by atoms with van der Waals surface area (Å²) in [6.07, 6.45) is 3.89. The lowest BCUT2D eigenvalue weighted by atomic mass is 10.1. The van der Waals surface area contributed by atoms with Crippen molar-refractivity contribution in [1.29, 1.82) is 0 Å². The maximum absolute atomic E-state index is 12.2. The zero-order valence-electron chi connectivity index (χ0n) is 17.0. The third-order valence-electron chi connectivity index (χ3n) is 5.62. The zero-order chi connectivity index (χ0) is 20.8. The Balaban J connectivity index is 1.24. The van der Waals surface area contributed by atoms with E-state index in [0.717, 1.165) is 61.4 Å². The minimum Gasteiger partial charge on any atom is -0.381 e. The molecule has 0 aliphatic carbocycles. The van der Waals surface area contributed by atoms with E-state index in [-0.39, 0.29) is 23.9 Å². The van der Waals surface area contributed by atoms with Crippen molar-refractivity contribution in [1.82, 2.24) is 10.6 Å². The second-order valence-corrected chi connectivity index (χ2v) is 7.90. The van der Waals surface area contributed by atoms with Gasteiger partial charge in [-0.3, -0.25) is 9.59 Å². The Bertz CT molecular complexity index is 781. The van der Waals surface area contributed by atoms with Gasteiger partial charge in [-0.1, -0.05) is 12.1 Å². The molecule has 7 nitrogen and oxygen atoms in total. The van der Waals surface area contributed by atoms with E-state index < -0.39 is 0 Å². The van der Waals surface area contributed by atoms with Crippen LogP contribution in [0, 0.1) is 0 Å². The van der Waals surface area contributed by atoms with Crippen LogP contribution in [-0.2, 0) is 16.1 Å². The normalized spacial score (nSPS) is 20.7. The molecule has 2 aromatic rings.